The molecule has 0 radical (unpaired) electrons. The number of aromatic nitrogens is 1. The Morgan fingerprint density at radius 1 is 1.30 bits per heavy atom. The highest BCUT2D eigenvalue weighted by Gasteiger charge is 2.29. The smallest absolute Gasteiger partial charge is 0.212 e. The number of hydrogen-bond donors (Lipinski definition) is 0. The van der Waals surface area contributed by atoms with Crippen LogP contribution in [0, 0.1) is 5.95 Å². The van der Waals surface area contributed by atoms with Gasteiger partial charge >= 0.3 is 0 Å². The van der Waals surface area contributed by atoms with Crippen LogP contribution < -0.4 is 0 Å². The summed E-state index contributed by atoms with van der Waals surface area (Å²) in [6.45, 7) is 4.39. The lowest BCUT2D eigenvalue weighted by atomic mass is 10.1. The maximum atomic E-state index is 12.7. The van der Waals surface area contributed by atoms with Crippen molar-refractivity contribution in [3.63, 3.8) is 0 Å². The fraction of sp³-hybridized carbons (Fsp3) is 0.667. The van der Waals surface area contributed by atoms with Crippen LogP contribution in [-0.4, -0.2) is 48.3 Å². The molecule has 0 amide bonds. The second-order valence-corrected chi connectivity index (χ2v) is 5.55. The van der Waals surface area contributed by atoms with Crippen molar-refractivity contribution in [1.82, 2.24) is 9.88 Å². The highest BCUT2D eigenvalue weighted by Crippen LogP contribution is 2.22. The Kier molecular flexibility index (Phi) is 4.60. The van der Waals surface area contributed by atoms with E-state index in [-0.39, 0.29) is 6.10 Å². The van der Waals surface area contributed by atoms with Crippen molar-refractivity contribution in [3.05, 3.63) is 29.8 Å². The highest BCUT2D eigenvalue weighted by molar-refractivity contribution is 5.07. The number of hydrogen-bond acceptors (Lipinski definition) is 4. The lowest BCUT2D eigenvalue weighted by Crippen LogP contribution is -2.38. The van der Waals surface area contributed by atoms with E-state index < -0.39 is 5.95 Å². The van der Waals surface area contributed by atoms with Crippen molar-refractivity contribution in [3.8, 4) is 0 Å². The fourth-order valence-electron chi connectivity index (χ4n) is 2.98. The minimum absolute atomic E-state index is 0.280. The van der Waals surface area contributed by atoms with Gasteiger partial charge in [0, 0.05) is 38.5 Å². The van der Waals surface area contributed by atoms with Gasteiger partial charge in [0.15, 0.2) is 0 Å². The summed E-state index contributed by atoms with van der Waals surface area (Å²) in [6, 6.07) is 3.76. The van der Waals surface area contributed by atoms with Gasteiger partial charge in [-0.2, -0.15) is 4.39 Å². The molecule has 20 heavy (non-hydrogen) atoms. The minimum atomic E-state index is -0.444. The molecule has 5 heteroatoms. The number of nitrogens with zero attached hydrogens (tertiary/aromatic N) is 2. The van der Waals surface area contributed by atoms with E-state index in [2.05, 4.69) is 9.88 Å². The first-order chi connectivity index (χ1) is 9.81. The van der Waals surface area contributed by atoms with Crippen LogP contribution in [-0.2, 0) is 16.1 Å². The highest BCUT2D eigenvalue weighted by atomic mass is 19.1. The van der Waals surface area contributed by atoms with Crippen molar-refractivity contribution >= 4 is 0 Å². The van der Waals surface area contributed by atoms with E-state index in [4.69, 9.17) is 9.47 Å². The van der Waals surface area contributed by atoms with Crippen LogP contribution in [0.25, 0.3) is 0 Å². The van der Waals surface area contributed by atoms with Gasteiger partial charge < -0.3 is 9.47 Å². The Hall–Kier alpha value is -1.04. The normalized spacial score (nSPS) is 25.1. The zero-order valence-electron chi connectivity index (χ0n) is 11.6. The summed E-state index contributed by atoms with van der Waals surface area (Å²) >= 11 is 0. The van der Waals surface area contributed by atoms with Crippen molar-refractivity contribution in [1.29, 1.82) is 0 Å². The standard InChI is InChI=1S/C15H21FN2O2/c16-15-2-1-12(9-17-15)11-20-14-3-6-18(10-14)13-4-7-19-8-5-13/h1-2,9,13-14H,3-8,10-11H2. The first-order valence-electron chi connectivity index (χ1n) is 7.35. The molecule has 2 saturated heterocycles. The number of likely N-dealkylation sites (tertiary alicyclic amines) is 1. The van der Waals surface area contributed by atoms with Gasteiger partial charge in [-0.15, -0.1) is 0 Å². The second kappa shape index (κ2) is 6.61. The van der Waals surface area contributed by atoms with Crippen LogP contribution in [0.5, 0.6) is 0 Å². The molecule has 3 rings (SSSR count). The molecule has 1 aromatic heterocycles. The third kappa shape index (κ3) is 3.53. The molecule has 2 aliphatic rings. The van der Waals surface area contributed by atoms with Crippen LogP contribution in [0.2, 0.25) is 0 Å². The Morgan fingerprint density at radius 3 is 2.90 bits per heavy atom. The molecule has 1 aromatic rings. The van der Waals surface area contributed by atoms with Gasteiger partial charge in [0.2, 0.25) is 5.95 Å². The molecule has 0 aliphatic carbocycles. The molecular formula is C15H21FN2O2. The Bertz CT molecular complexity index is 420. The summed E-state index contributed by atoms with van der Waals surface area (Å²) in [5.41, 5.74) is 0.927. The molecular weight excluding hydrogens is 259 g/mol. The molecule has 2 aliphatic heterocycles. The van der Waals surface area contributed by atoms with Gasteiger partial charge in [0.1, 0.15) is 0 Å². The molecule has 110 valence electrons. The minimum Gasteiger partial charge on any atom is -0.381 e. The third-order valence-corrected chi connectivity index (χ3v) is 4.16. The molecule has 0 aromatic carbocycles. The number of pyridine rings is 1. The van der Waals surface area contributed by atoms with E-state index in [1.165, 1.54) is 6.07 Å². The predicted molar refractivity (Wildman–Crippen MR) is 72.8 cm³/mol. The molecule has 0 saturated carbocycles. The number of ether oxygens (including phenoxy) is 2. The van der Waals surface area contributed by atoms with Gasteiger partial charge in [-0.05, 0) is 30.9 Å². The summed E-state index contributed by atoms with van der Waals surface area (Å²) in [5, 5.41) is 0. The van der Waals surface area contributed by atoms with Crippen LogP contribution in [0.1, 0.15) is 24.8 Å². The topological polar surface area (TPSA) is 34.6 Å². The zero-order valence-corrected chi connectivity index (χ0v) is 11.6. The van der Waals surface area contributed by atoms with Crippen LogP contribution in [0.3, 0.4) is 0 Å². The molecule has 2 fully saturated rings. The maximum Gasteiger partial charge on any atom is 0.212 e. The van der Waals surface area contributed by atoms with E-state index in [1.54, 1.807) is 12.3 Å². The summed E-state index contributed by atoms with van der Waals surface area (Å²) in [5.74, 6) is -0.444. The van der Waals surface area contributed by atoms with Gasteiger partial charge in [-0.3, -0.25) is 4.90 Å². The van der Waals surface area contributed by atoms with Crippen molar-refractivity contribution in [2.24, 2.45) is 0 Å². The van der Waals surface area contributed by atoms with E-state index in [9.17, 15) is 4.39 Å². The molecule has 3 heterocycles. The van der Waals surface area contributed by atoms with Crippen LogP contribution in [0.4, 0.5) is 4.39 Å². The molecule has 0 N–H and O–H groups in total. The SMILES string of the molecule is Fc1ccc(COC2CCN(C3CCOCC3)C2)cn1. The first-order valence-corrected chi connectivity index (χ1v) is 7.35. The lowest BCUT2D eigenvalue weighted by molar-refractivity contribution is 0.0205. The van der Waals surface area contributed by atoms with Crippen molar-refractivity contribution < 1.29 is 13.9 Å². The van der Waals surface area contributed by atoms with Gasteiger partial charge in [-0.25, -0.2) is 4.98 Å². The third-order valence-electron chi connectivity index (χ3n) is 4.16. The summed E-state index contributed by atoms with van der Waals surface area (Å²) in [4.78, 5) is 6.17. The van der Waals surface area contributed by atoms with Gasteiger partial charge in [0.05, 0.1) is 12.7 Å². The summed E-state index contributed by atoms with van der Waals surface area (Å²) in [7, 11) is 0. The Balaban J connectivity index is 1.44. The maximum absolute atomic E-state index is 12.7. The molecule has 0 bridgehead atoms. The summed E-state index contributed by atoms with van der Waals surface area (Å²) in [6.07, 6.45) is 5.17. The van der Waals surface area contributed by atoms with E-state index in [0.717, 1.165) is 51.1 Å². The summed E-state index contributed by atoms with van der Waals surface area (Å²) < 4.78 is 24.0. The molecule has 0 spiro atoms. The largest absolute Gasteiger partial charge is 0.381 e. The Morgan fingerprint density at radius 2 is 2.15 bits per heavy atom. The first kappa shape index (κ1) is 13.9. The Labute approximate surface area is 118 Å². The van der Waals surface area contributed by atoms with Crippen molar-refractivity contribution in [2.45, 2.75) is 38.0 Å². The lowest BCUT2D eigenvalue weighted by Gasteiger charge is -2.30. The molecule has 1 unspecified atom stereocenters. The average molecular weight is 280 g/mol. The zero-order chi connectivity index (χ0) is 13.8. The average Bonchev–Trinajstić information content (AvgIpc) is 2.97. The predicted octanol–water partition coefficient (Wildman–Crippen LogP) is 1.99. The van der Waals surface area contributed by atoms with Crippen molar-refractivity contribution in [2.75, 3.05) is 26.3 Å². The van der Waals surface area contributed by atoms with E-state index in [0.29, 0.717) is 12.6 Å². The van der Waals surface area contributed by atoms with Crippen LogP contribution >= 0.6 is 0 Å². The number of rotatable bonds is 4. The second-order valence-electron chi connectivity index (χ2n) is 5.55. The molecule has 1 atom stereocenters. The van der Waals surface area contributed by atoms with E-state index >= 15 is 0 Å². The fourth-order valence-corrected chi connectivity index (χ4v) is 2.98. The monoisotopic (exact) mass is 280 g/mol. The van der Waals surface area contributed by atoms with E-state index in [1.807, 2.05) is 0 Å². The van der Waals surface area contributed by atoms with Gasteiger partial charge in [-0.1, -0.05) is 6.07 Å². The number of halogens is 1. The van der Waals surface area contributed by atoms with Gasteiger partial charge in [0.25, 0.3) is 0 Å². The quantitative estimate of drug-likeness (QED) is 0.790. The molecule has 4 nitrogen and oxygen atoms in total. The van der Waals surface area contributed by atoms with Crippen LogP contribution in [0.15, 0.2) is 18.3 Å².